The van der Waals surface area contributed by atoms with Crippen LogP contribution in [0, 0.1) is 5.92 Å². The van der Waals surface area contributed by atoms with Gasteiger partial charge in [0.15, 0.2) is 0 Å². The highest BCUT2D eigenvalue weighted by Gasteiger charge is 2.19. The standard InChI is InChI=1S/C16H24F2N2O/c1-12(20(2)11-13-5-4-8-19-10-13)14-6-3-7-15(9-14)21-16(17)18/h3,6-7,9,12-13,16,19H,4-5,8,10-11H2,1-2H3. The van der Waals surface area contributed by atoms with Crippen LogP contribution in [-0.2, 0) is 0 Å². The van der Waals surface area contributed by atoms with Crippen LogP contribution >= 0.6 is 0 Å². The largest absolute Gasteiger partial charge is 0.435 e. The summed E-state index contributed by atoms with van der Waals surface area (Å²) in [5, 5.41) is 3.42. The molecule has 0 radical (unpaired) electrons. The maximum absolute atomic E-state index is 12.3. The highest BCUT2D eigenvalue weighted by molar-refractivity contribution is 5.30. The monoisotopic (exact) mass is 298 g/mol. The second-order valence-electron chi connectivity index (χ2n) is 5.78. The van der Waals surface area contributed by atoms with Crippen molar-refractivity contribution in [3.63, 3.8) is 0 Å². The smallest absolute Gasteiger partial charge is 0.387 e. The molecule has 1 aliphatic rings. The summed E-state index contributed by atoms with van der Waals surface area (Å²) in [6.07, 6.45) is 2.48. The molecule has 118 valence electrons. The average molecular weight is 298 g/mol. The first-order valence-corrected chi connectivity index (χ1v) is 7.52. The third-order valence-corrected chi connectivity index (χ3v) is 4.17. The first-order valence-electron chi connectivity index (χ1n) is 7.52. The molecule has 1 saturated heterocycles. The van der Waals surface area contributed by atoms with E-state index in [9.17, 15) is 8.78 Å². The predicted molar refractivity (Wildman–Crippen MR) is 79.7 cm³/mol. The van der Waals surface area contributed by atoms with Gasteiger partial charge >= 0.3 is 6.61 Å². The molecule has 2 unspecified atom stereocenters. The number of piperidine rings is 1. The van der Waals surface area contributed by atoms with E-state index in [1.54, 1.807) is 18.2 Å². The fourth-order valence-corrected chi connectivity index (χ4v) is 2.85. The Morgan fingerprint density at radius 3 is 2.90 bits per heavy atom. The molecule has 0 spiro atoms. The molecule has 5 heteroatoms. The predicted octanol–water partition coefficient (Wildman–Crippen LogP) is 3.28. The Kier molecular flexibility index (Phi) is 5.94. The van der Waals surface area contributed by atoms with Crippen LogP contribution in [0.25, 0.3) is 0 Å². The molecule has 0 aliphatic carbocycles. The highest BCUT2D eigenvalue weighted by Crippen LogP contribution is 2.25. The fraction of sp³-hybridized carbons (Fsp3) is 0.625. The van der Waals surface area contributed by atoms with E-state index in [0.717, 1.165) is 25.2 Å². The number of benzene rings is 1. The Balaban J connectivity index is 1.95. The normalized spacial score (nSPS) is 20.8. The van der Waals surface area contributed by atoms with Gasteiger partial charge in [-0.15, -0.1) is 0 Å². The van der Waals surface area contributed by atoms with Crippen LogP contribution in [0.1, 0.15) is 31.4 Å². The van der Waals surface area contributed by atoms with E-state index in [2.05, 4.69) is 28.9 Å². The van der Waals surface area contributed by atoms with Crippen LogP contribution < -0.4 is 10.1 Å². The third kappa shape index (κ3) is 4.93. The van der Waals surface area contributed by atoms with Crippen molar-refractivity contribution in [1.82, 2.24) is 10.2 Å². The van der Waals surface area contributed by atoms with Crippen LogP contribution in [0.3, 0.4) is 0 Å². The van der Waals surface area contributed by atoms with E-state index in [1.807, 2.05) is 6.07 Å². The lowest BCUT2D eigenvalue weighted by molar-refractivity contribution is -0.0499. The molecule has 2 atom stereocenters. The molecule has 21 heavy (non-hydrogen) atoms. The van der Waals surface area contributed by atoms with Crippen molar-refractivity contribution in [3.05, 3.63) is 29.8 Å². The quantitative estimate of drug-likeness (QED) is 0.872. The number of nitrogens with one attached hydrogen (secondary N) is 1. The number of hydrogen-bond acceptors (Lipinski definition) is 3. The fourth-order valence-electron chi connectivity index (χ4n) is 2.85. The summed E-state index contributed by atoms with van der Waals surface area (Å²) in [6, 6.07) is 7.16. The number of rotatable bonds is 6. The Labute approximate surface area is 125 Å². The Hall–Kier alpha value is -1.20. The summed E-state index contributed by atoms with van der Waals surface area (Å²) in [6.45, 7) is 2.50. The van der Waals surface area contributed by atoms with Gasteiger partial charge in [0.1, 0.15) is 5.75 Å². The van der Waals surface area contributed by atoms with E-state index >= 15 is 0 Å². The van der Waals surface area contributed by atoms with Gasteiger partial charge in [0.25, 0.3) is 0 Å². The molecule has 1 fully saturated rings. The zero-order chi connectivity index (χ0) is 15.2. The lowest BCUT2D eigenvalue weighted by Crippen LogP contribution is -2.37. The second-order valence-corrected chi connectivity index (χ2v) is 5.78. The van der Waals surface area contributed by atoms with Crippen molar-refractivity contribution < 1.29 is 13.5 Å². The first-order chi connectivity index (χ1) is 10.1. The molecule has 0 bridgehead atoms. The summed E-state index contributed by atoms with van der Waals surface area (Å²) in [4.78, 5) is 2.28. The second kappa shape index (κ2) is 7.71. The number of nitrogens with zero attached hydrogens (tertiary/aromatic N) is 1. The molecule has 1 N–H and O–H groups in total. The molecule has 2 rings (SSSR count). The lowest BCUT2D eigenvalue weighted by atomic mass is 9.98. The Morgan fingerprint density at radius 2 is 2.24 bits per heavy atom. The minimum absolute atomic E-state index is 0.174. The summed E-state index contributed by atoms with van der Waals surface area (Å²) in [5.74, 6) is 0.883. The van der Waals surface area contributed by atoms with Crippen LogP contribution in [-0.4, -0.2) is 38.2 Å². The van der Waals surface area contributed by atoms with Gasteiger partial charge < -0.3 is 10.1 Å². The van der Waals surface area contributed by atoms with Crippen LogP contribution in [0.4, 0.5) is 8.78 Å². The molecular formula is C16H24F2N2O. The summed E-state index contributed by atoms with van der Waals surface area (Å²) >= 11 is 0. The van der Waals surface area contributed by atoms with Crippen LogP contribution in [0.2, 0.25) is 0 Å². The van der Waals surface area contributed by atoms with Gasteiger partial charge in [0.2, 0.25) is 0 Å². The van der Waals surface area contributed by atoms with Crippen LogP contribution in [0.5, 0.6) is 5.75 Å². The molecular weight excluding hydrogens is 274 g/mol. The Bertz CT molecular complexity index is 436. The molecule has 0 aromatic heterocycles. The molecule has 1 aromatic carbocycles. The number of ether oxygens (including phenoxy) is 1. The molecule has 0 saturated carbocycles. The van der Waals surface area contributed by atoms with Crippen molar-refractivity contribution in [2.75, 3.05) is 26.7 Å². The third-order valence-electron chi connectivity index (χ3n) is 4.17. The minimum atomic E-state index is -2.78. The number of alkyl halides is 2. The minimum Gasteiger partial charge on any atom is -0.435 e. The van der Waals surface area contributed by atoms with Gasteiger partial charge in [0.05, 0.1) is 0 Å². The maximum atomic E-state index is 12.3. The Morgan fingerprint density at radius 1 is 1.43 bits per heavy atom. The van der Waals surface area contributed by atoms with E-state index in [1.165, 1.54) is 12.8 Å². The molecule has 1 aromatic rings. The summed E-state index contributed by atoms with van der Waals surface area (Å²) in [5.41, 5.74) is 0.999. The van der Waals surface area contributed by atoms with E-state index in [4.69, 9.17) is 0 Å². The van der Waals surface area contributed by atoms with Crippen molar-refractivity contribution in [1.29, 1.82) is 0 Å². The SMILES string of the molecule is CC(c1cccc(OC(F)F)c1)N(C)CC1CCCNC1. The van der Waals surface area contributed by atoms with Crippen LogP contribution in [0.15, 0.2) is 24.3 Å². The van der Waals surface area contributed by atoms with E-state index in [0.29, 0.717) is 5.92 Å². The molecule has 1 heterocycles. The summed E-state index contributed by atoms with van der Waals surface area (Å²) in [7, 11) is 2.08. The number of hydrogen-bond donors (Lipinski definition) is 1. The zero-order valence-corrected chi connectivity index (χ0v) is 12.7. The first kappa shape index (κ1) is 16.2. The van der Waals surface area contributed by atoms with Gasteiger partial charge in [-0.1, -0.05) is 12.1 Å². The van der Waals surface area contributed by atoms with Crippen molar-refractivity contribution in [3.8, 4) is 5.75 Å². The molecule has 0 amide bonds. The zero-order valence-electron chi connectivity index (χ0n) is 12.7. The maximum Gasteiger partial charge on any atom is 0.387 e. The number of halogens is 2. The molecule has 1 aliphatic heterocycles. The lowest BCUT2D eigenvalue weighted by Gasteiger charge is -2.31. The van der Waals surface area contributed by atoms with Gasteiger partial charge in [-0.2, -0.15) is 8.78 Å². The van der Waals surface area contributed by atoms with Gasteiger partial charge in [-0.3, -0.25) is 4.90 Å². The van der Waals surface area contributed by atoms with E-state index in [-0.39, 0.29) is 11.8 Å². The van der Waals surface area contributed by atoms with Crippen molar-refractivity contribution in [2.45, 2.75) is 32.4 Å². The van der Waals surface area contributed by atoms with Crippen molar-refractivity contribution >= 4 is 0 Å². The molecule has 3 nitrogen and oxygen atoms in total. The van der Waals surface area contributed by atoms with Gasteiger partial charge in [-0.25, -0.2) is 0 Å². The van der Waals surface area contributed by atoms with Gasteiger partial charge in [0, 0.05) is 12.6 Å². The average Bonchev–Trinajstić information content (AvgIpc) is 2.47. The van der Waals surface area contributed by atoms with Gasteiger partial charge in [-0.05, 0) is 63.5 Å². The van der Waals surface area contributed by atoms with E-state index < -0.39 is 6.61 Å². The summed E-state index contributed by atoms with van der Waals surface area (Å²) < 4.78 is 29.0. The van der Waals surface area contributed by atoms with Crippen molar-refractivity contribution in [2.24, 2.45) is 5.92 Å². The highest BCUT2D eigenvalue weighted by atomic mass is 19.3. The topological polar surface area (TPSA) is 24.5 Å².